The lowest BCUT2D eigenvalue weighted by molar-refractivity contribution is -0.140. The summed E-state index contributed by atoms with van der Waals surface area (Å²) in [5.41, 5.74) is 0.295. The van der Waals surface area contributed by atoms with E-state index in [-0.39, 0.29) is 23.5 Å². The molecule has 0 fully saturated rings. The minimum atomic E-state index is -0.281. The molecule has 6 heteroatoms. The average Bonchev–Trinajstić information content (AvgIpc) is 2.37. The standard InChI is InChI=1S/C12H15ClN2O3/c1-15(8-4-7-11(16)18-2)12(17)9-5-3-6-10(13)14-9/h3,5-6H,4,7-8H2,1-2H3. The first-order valence-corrected chi connectivity index (χ1v) is 5.87. The largest absolute Gasteiger partial charge is 0.469 e. The van der Waals surface area contributed by atoms with E-state index in [0.29, 0.717) is 18.7 Å². The topological polar surface area (TPSA) is 59.5 Å². The van der Waals surface area contributed by atoms with Gasteiger partial charge < -0.3 is 9.64 Å². The first-order valence-electron chi connectivity index (χ1n) is 5.49. The van der Waals surface area contributed by atoms with Gasteiger partial charge in [-0.1, -0.05) is 17.7 Å². The summed E-state index contributed by atoms with van der Waals surface area (Å²) in [6, 6.07) is 4.88. The van der Waals surface area contributed by atoms with Crippen molar-refractivity contribution in [2.24, 2.45) is 0 Å². The Morgan fingerprint density at radius 3 is 2.78 bits per heavy atom. The summed E-state index contributed by atoms with van der Waals surface area (Å²) < 4.78 is 4.52. The molecule has 0 aromatic carbocycles. The zero-order chi connectivity index (χ0) is 13.5. The Morgan fingerprint density at radius 1 is 1.44 bits per heavy atom. The van der Waals surface area contributed by atoms with Crippen molar-refractivity contribution in [1.82, 2.24) is 9.88 Å². The second-order valence-corrected chi connectivity index (χ2v) is 4.14. The molecular formula is C12H15ClN2O3. The Labute approximate surface area is 111 Å². The summed E-state index contributed by atoms with van der Waals surface area (Å²) in [7, 11) is 3.00. The van der Waals surface area contributed by atoms with E-state index < -0.39 is 0 Å². The fraction of sp³-hybridized carbons (Fsp3) is 0.417. The number of ether oxygens (including phenoxy) is 1. The van der Waals surface area contributed by atoms with Crippen LogP contribution in [0.1, 0.15) is 23.3 Å². The van der Waals surface area contributed by atoms with Crippen LogP contribution in [0.25, 0.3) is 0 Å². The number of carbonyl (C=O) groups excluding carboxylic acids is 2. The third-order valence-electron chi connectivity index (χ3n) is 2.38. The van der Waals surface area contributed by atoms with E-state index in [9.17, 15) is 9.59 Å². The van der Waals surface area contributed by atoms with E-state index in [1.165, 1.54) is 12.0 Å². The number of hydrogen-bond donors (Lipinski definition) is 0. The van der Waals surface area contributed by atoms with Crippen molar-refractivity contribution in [3.05, 3.63) is 29.0 Å². The molecule has 0 radical (unpaired) electrons. The lowest BCUT2D eigenvalue weighted by Crippen LogP contribution is -2.28. The van der Waals surface area contributed by atoms with Gasteiger partial charge in [0, 0.05) is 20.0 Å². The van der Waals surface area contributed by atoms with Gasteiger partial charge in [0.25, 0.3) is 5.91 Å². The molecule has 0 bridgehead atoms. The van der Waals surface area contributed by atoms with Crippen molar-refractivity contribution in [3.8, 4) is 0 Å². The number of halogens is 1. The molecule has 1 rings (SSSR count). The molecule has 0 saturated carbocycles. The van der Waals surface area contributed by atoms with Crippen molar-refractivity contribution in [2.45, 2.75) is 12.8 Å². The van der Waals surface area contributed by atoms with Crippen molar-refractivity contribution in [1.29, 1.82) is 0 Å². The van der Waals surface area contributed by atoms with Gasteiger partial charge in [-0.25, -0.2) is 4.98 Å². The number of pyridine rings is 1. The number of aromatic nitrogens is 1. The highest BCUT2D eigenvalue weighted by molar-refractivity contribution is 6.29. The first kappa shape index (κ1) is 14.4. The lowest BCUT2D eigenvalue weighted by atomic mass is 10.2. The highest BCUT2D eigenvalue weighted by Gasteiger charge is 2.13. The molecule has 0 unspecified atom stereocenters. The maximum atomic E-state index is 11.9. The lowest BCUT2D eigenvalue weighted by Gasteiger charge is -2.16. The van der Waals surface area contributed by atoms with Crippen LogP contribution in [-0.2, 0) is 9.53 Å². The molecule has 0 N–H and O–H groups in total. The van der Waals surface area contributed by atoms with E-state index in [1.54, 1.807) is 25.2 Å². The monoisotopic (exact) mass is 270 g/mol. The van der Waals surface area contributed by atoms with E-state index in [1.807, 2.05) is 0 Å². The van der Waals surface area contributed by atoms with Crippen molar-refractivity contribution in [3.63, 3.8) is 0 Å². The van der Waals surface area contributed by atoms with Gasteiger partial charge in [-0.15, -0.1) is 0 Å². The van der Waals surface area contributed by atoms with Crippen molar-refractivity contribution < 1.29 is 14.3 Å². The normalized spacial score (nSPS) is 9.94. The Morgan fingerprint density at radius 2 is 2.17 bits per heavy atom. The second kappa shape index (κ2) is 6.96. The number of esters is 1. The number of carbonyl (C=O) groups is 2. The highest BCUT2D eigenvalue weighted by Crippen LogP contribution is 2.07. The molecule has 0 aliphatic heterocycles. The number of rotatable bonds is 5. The van der Waals surface area contributed by atoms with Gasteiger partial charge in [-0.2, -0.15) is 0 Å². The number of nitrogens with zero attached hydrogens (tertiary/aromatic N) is 2. The van der Waals surface area contributed by atoms with Crippen LogP contribution < -0.4 is 0 Å². The third-order valence-corrected chi connectivity index (χ3v) is 2.59. The van der Waals surface area contributed by atoms with E-state index >= 15 is 0 Å². The van der Waals surface area contributed by atoms with Crippen LogP contribution in [0, 0.1) is 0 Å². The van der Waals surface area contributed by atoms with Gasteiger partial charge in [0.2, 0.25) is 0 Å². The van der Waals surface area contributed by atoms with Crippen LogP contribution in [0.2, 0.25) is 5.15 Å². The Balaban J connectivity index is 2.49. The molecule has 5 nitrogen and oxygen atoms in total. The predicted octanol–water partition coefficient (Wildman–Crippen LogP) is 1.76. The van der Waals surface area contributed by atoms with Crippen LogP contribution in [-0.4, -0.2) is 42.5 Å². The zero-order valence-electron chi connectivity index (χ0n) is 10.4. The number of hydrogen-bond acceptors (Lipinski definition) is 4. The van der Waals surface area contributed by atoms with E-state index in [2.05, 4.69) is 9.72 Å². The number of amides is 1. The van der Waals surface area contributed by atoms with Crippen LogP contribution in [0.5, 0.6) is 0 Å². The van der Waals surface area contributed by atoms with Crippen LogP contribution in [0.15, 0.2) is 18.2 Å². The molecule has 1 aromatic heterocycles. The smallest absolute Gasteiger partial charge is 0.305 e. The molecule has 1 amide bonds. The molecule has 0 saturated heterocycles. The van der Waals surface area contributed by atoms with Crippen LogP contribution in [0.3, 0.4) is 0 Å². The second-order valence-electron chi connectivity index (χ2n) is 3.75. The van der Waals surface area contributed by atoms with Gasteiger partial charge >= 0.3 is 5.97 Å². The molecule has 1 aromatic rings. The summed E-state index contributed by atoms with van der Waals surface area (Å²) >= 11 is 5.72. The zero-order valence-corrected chi connectivity index (χ0v) is 11.1. The number of methoxy groups -OCH3 is 1. The summed E-state index contributed by atoms with van der Waals surface area (Å²) in [6.45, 7) is 0.460. The van der Waals surface area contributed by atoms with Gasteiger partial charge in [-0.05, 0) is 18.6 Å². The van der Waals surface area contributed by atoms with Gasteiger partial charge in [-0.3, -0.25) is 9.59 Å². The van der Waals surface area contributed by atoms with E-state index in [4.69, 9.17) is 11.6 Å². The minimum Gasteiger partial charge on any atom is -0.469 e. The quantitative estimate of drug-likeness (QED) is 0.604. The first-order chi connectivity index (χ1) is 8.54. The molecule has 1 heterocycles. The Bertz CT molecular complexity index is 437. The third kappa shape index (κ3) is 4.33. The molecule has 0 aliphatic carbocycles. The molecule has 0 spiro atoms. The maximum Gasteiger partial charge on any atom is 0.305 e. The highest BCUT2D eigenvalue weighted by atomic mass is 35.5. The fourth-order valence-electron chi connectivity index (χ4n) is 1.39. The van der Waals surface area contributed by atoms with Crippen molar-refractivity contribution in [2.75, 3.05) is 20.7 Å². The summed E-state index contributed by atoms with van der Waals surface area (Å²) in [5.74, 6) is -0.501. The SMILES string of the molecule is COC(=O)CCCN(C)C(=O)c1cccc(Cl)n1. The molecule has 0 aliphatic rings. The molecule has 98 valence electrons. The predicted molar refractivity (Wildman–Crippen MR) is 67.5 cm³/mol. The summed E-state index contributed by atoms with van der Waals surface area (Å²) in [4.78, 5) is 28.3. The summed E-state index contributed by atoms with van der Waals surface area (Å²) in [5, 5.41) is 0.281. The molecule has 18 heavy (non-hydrogen) atoms. The van der Waals surface area contributed by atoms with Gasteiger partial charge in [0.1, 0.15) is 10.8 Å². The van der Waals surface area contributed by atoms with Gasteiger partial charge in [0.05, 0.1) is 7.11 Å². The average molecular weight is 271 g/mol. The summed E-state index contributed by atoms with van der Waals surface area (Å²) in [6.07, 6.45) is 0.840. The van der Waals surface area contributed by atoms with Crippen molar-refractivity contribution >= 4 is 23.5 Å². The van der Waals surface area contributed by atoms with Crippen LogP contribution in [0.4, 0.5) is 0 Å². The van der Waals surface area contributed by atoms with Gasteiger partial charge in [0.15, 0.2) is 0 Å². The Hall–Kier alpha value is -1.62. The fourth-order valence-corrected chi connectivity index (χ4v) is 1.55. The minimum absolute atomic E-state index is 0.220. The molecular weight excluding hydrogens is 256 g/mol. The Kier molecular flexibility index (Phi) is 5.58. The molecule has 0 atom stereocenters. The van der Waals surface area contributed by atoms with Crippen LogP contribution >= 0.6 is 11.6 Å². The van der Waals surface area contributed by atoms with E-state index in [0.717, 1.165) is 0 Å². The maximum absolute atomic E-state index is 11.9.